The first-order chi connectivity index (χ1) is 14.1. The van der Waals surface area contributed by atoms with Crippen LogP contribution in [0, 0.1) is 0 Å². The summed E-state index contributed by atoms with van der Waals surface area (Å²) in [5, 5.41) is 5.76. The third-order valence-corrected chi connectivity index (χ3v) is 4.80. The monoisotopic (exact) mass is 418 g/mol. The third kappa shape index (κ3) is 5.71. The van der Waals surface area contributed by atoms with E-state index >= 15 is 0 Å². The fraction of sp³-hybridized carbons (Fsp3) is 0.368. The predicted octanol–water partition coefficient (Wildman–Crippen LogP) is 2.00. The highest BCUT2D eigenvalue weighted by atomic mass is 35.5. The van der Waals surface area contributed by atoms with Gasteiger partial charge in [0.2, 0.25) is 11.9 Å². The highest BCUT2D eigenvalue weighted by molar-refractivity contribution is 6.32. The Morgan fingerprint density at radius 2 is 1.90 bits per heavy atom. The van der Waals surface area contributed by atoms with Crippen LogP contribution >= 0.6 is 11.6 Å². The summed E-state index contributed by atoms with van der Waals surface area (Å²) in [5.41, 5.74) is 0.541. The van der Waals surface area contributed by atoms with E-state index < -0.39 is 6.03 Å². The Bertz CT molecular complexity index is 843. The Hall–Kier alpha value is -3.07. The number of methoxy groups -OCH3 is 1. The van der Waals surface area contributed by atoms with Gasteiger partial charge in [-0.05, 0) is 24.3 Å². The third-order valence-electron chi connectivity index (χ3n) is 4.50. The Morgan fingerprint density at radius 1 is 1.17 bits per heavy atom. The predicted molar refractivity (Wildman–Crippen MR) is 110 cm³/mol. The number of carbonyl (C=O) groups excluding carboxylic acids is 2. The van der Waals surface area contributed by atoms with Gasteiger partial charge in [0, 0.05) is 57.2 Å². The zero-order valence-electron chi connectivity index (χ0n) is 16.1. The lowest BCUT2D eigenvalue weighted by atomic mass is 10.3. The molecule has 154 valence electrons. The van der Waals surface area contributed by atoms with Crippen molar-refractivity contribution in [2.45, 2.75) is 6.42 Å². The zero-order chi connectivity index (χ0) is 20.6. The van der Waals surface area contributed by atoms with Crippen LogP contribution in [0.25, 0.3) is 0 Å². The largest absolute Gasteiger partial charge is 0.495 e. The molecular weight excluding hydrogens is 396 g/mol. The summed E-state index contributed by atoms with van der Waals surface area (Å²) in [6.07, 6.45) is 3.64. The van der Waals surface area contributed by atoms with Gasteiger partial charge >= 0.3 is 6.03 Å². The molecule has 0 unspecified atom stereocenters. The highest BCUT2D eigenvalue weighted by Crippen LogP contribution is 2.27. The van der Waals surface area contributed by atoms with Gasteiger partial charge in [-0.1, -0.05) is 11.6 Å². The lowest BCUT2D eigenvalue weighted by Crippen LogP contribution is -2.49. The minimum atomic E-state index is -0.398. The lowest BCUT2D eigenvalue weighted by molar-refractivity contribution is -0.131. The van der Waals surface area contributed by atoms with Crippen LogP contribution < -0.4 is 20.3 Å². The molecule has 10 heteroatoms. The number of carbonyl (C=O) groups is 2. The fourth-order valence-electron chi connectivity index (χ4n) is 2.97. The van der Waals surface area contributed by atoms with Crippen molar-refractivity contribution >= 4 is 35.2 Å². The minimum absolute atomic E-state index is 0.00595. The Kier molecular flexibility index (Phi) is 7.07. The molecule has 29 heavy (non-hydrogen) atoms. The molecule has 9 nitrogen and oxygen atoms in total. The number of hydrogen-bond acceptors (Lipinski definition) is 6. The second-order valence-corrected chi connectivity index (χ2v) is 6.80. The first-order valence-electron chi connectivity index (χ1n) is 9.25. The number of rotatable bonds is 6. The molecule has 0 aliphatic carbocycles. The van der Waals surface area contributed by atoms with Gasteiger partial charge in [-0.25, -0.2) is 14.8 Å². The Balaban J connectivity index is 1.37. The van der Waals surface area contributed by atoms with Gasteiger partial charge in [-0.3, -0.25) is 4.79 Å². The number of halogens is 1. The van der Waals surface area contributed by atoms with Crippen molar-refractivity contribution in [1.82, 2.24) is 20.2 Å². The van der Waals surface area contributed by atoms with Crippen LogP contribution in [0.1, 0.15) is 6.42 Å². The average molecular weight is 419 g/mol. The summed E-state index contributed by atoms with van der Waals surface area (Å²) in [6.45, 7) is 2.82. The van der Waals surface area contributed by atoms with Crippen LogP contribution in [0.3, 0.4) is 0 Å². The van der Waals surface area contributed by atoms with Gasteiger partial charge < -0.3 is 25.2 Å². The molecule has 1 aromatic carbocycles. The molecule has 1 aromatic heterocycles. The smallest absolute Gasteiger partial charge is 0.319 e. The first kappa shape index (κ1) is 20.7. The molecule has 0 bridgehead atoms. The molecule has 2 aromatic rings. The molecule has 2 N–H and O–H groups in total. The summed E-state index contributed by atoms with van der Waals surface area (Å²) < 4.78 is 5.07. The summed E-state index contributed by atoms with van der Waals surface area (Å²) in [6, 6.07) is 6.33. The normalized spacial score (nSPS) is 13.7. The van der Waals surface area contributed by atoms with Gasteiger partial charge in [-0.15, -0.1) is 0 Å². The molecule has 0 radical (unpaired) electrons. The number of aromatic nitrogens is 2. The van der Waals surface area contributed by atoms with Crippen molar-refractivity contribution in [3.8, 4) is 5.75 Å². The number of anilines is 2. The van der Waals surface area contributed by atoms with Crippen LogP contribution in [-0.2, 0) is 4.79 Å². The van der Waals surface area contributed by atoms with Crippen LogP contribution in [-0.4, -0.2) is 66.6 Å². The number of piperazine rings is 1. The van der Waals surface area contributed by atoms with E-state index in [9.17, 15) is 9.59 Å². The first-order valence-corrected chi connectivity index (χ1v) is 9.63. The average Bonchev–Trinajstić information content (AvgIpc) is 2.74. The number of nitrogens with zero attached hydrogens (tertiary/aromatic N) is 4. The SMILES string of the molecule is COc1ccc(NC(=O)NCCC(=O)N2CCN(c3ncccn3)CC2)cc1Cl. The van der Waals surface area contributed by atoms with Crippen LogP contribution in [0.2, 0.25) is 5.02 Å². The van der Waals surface area contributed by atoms with Gasteiger partial charge in [0.1, 0.15) is 5.75 Å². The van der Waals surface area contributed by atoms with E-state index in [-0.39, 0.29) is 18.9 Å². The fourth-order valence-corrected chi connectivity index (χ4v) is 3.23. The number of nitrogens with one attached hydrogen (secondary N) is 2. The van der Waals surface area contributed by atoms with E-state index in [1.54, 1.807) is 41.6 Å². The Labute approximate surface area is 174 Å². The van der Waals surface area contributed by atoms with Crippen LogP contribution in [0.5, 0.6) is 5.75 Å². The summed E-state index contributed by atoms with van der Waals surface area (Å²) in [7, 11) is 1.52. The topological polar surface area (TPSA) is 99.7 Å². The summed E-state index contributed by atoms with van der Waals surface area (Å²) >= 11 is 6.04. The maximum atomic E-state index is 12.4. The van der Waals surface area contributed by atoms with Gasteiger partial charge in [0.05, 0.1) is 12.1 Å². The van der Waals surface area contributed by atoms with Crippen molar-refractivity contribution in [2.75, 3.05) is 50.1 Å². The maximum absolute atomic E-state index is 12.4. The van der Waals surface area contributed by atoms with Crippen molar-refractivity contribution in [3.63, 3.8) is 0 Å². The van der Waals surface area contributed by atoms with E-state index in [1.165, 1.54) is 7.11 Å². The number of amides is 3. The molecule has 2 heterocycles. The van der Waals surface area contributed by atoms with E-state index in [0.717, 1.165) is 0 Å². The van der Waals surface area contributed by atoms with E-state index in [1.807, 2.05) is 0 Å². The number of urea groups is 1. The number of benzene rings is 1. The van der Waals surface area contributed by atoms with E-state index in [2.05, 4.69) is 25.5 Å². The summed E-state index contributed by atoms with van der Waals surface area (Å²) in [4.78, 5) is 36.7. The maximum Gasteiger partial charge on any atom is 0.319 e. The molecule has 3 rings (SSSR count). The molecule has 0 atom stereocenters. The van der Waals surface area contributed by atoms with Crippen molar-refractivity contribution in [2.24, 2.45) is 0 Å². The van der Waals surface area contributed by atoms with E-state index in [0.29, 0.717) is 48.6 Å². The zero-order valence-corrected chi connectivity index (χ0v) is 16.9. The highest BCUT2D eigenvalue weighted by Gasteiger charge is 2.22. The standard InChI is InChI=1S/C19H23ClN6O3/c1-29-16-4-3-14(13-15(16)20)24-19(28)23-8-5-17(27)25-9-11-26(12-10-25)18-21-6-2-7-22-18/h2-4,6-7,13H,5,8-12H2,1H3,(H2,23,24,28). The molecular formula is C19H23ClN6O3. The summed E-state index contributed by atoms with van der Waals surface area (Å²) in [5.74, 6) is 1.21. The molecule has 1 saturated heterocycles. The van der Waals surface area contributed by atoms with Gasteiger partial charge in [0.25, 0.3) is 0 Å². The quantitative estimate of drug-likeness (QED) is 0.744. The van der Waals surface area contributed by atoms with Gasteiger partial charge in [0.15, 0.2) is 0 Å². The molecule has 1 fully saturated rings. The van der Waals surface area contributed by atoms with Crippen molar-refractivity contribution in [3.05, 3.63) is 41.7 Å². The Morgan fingerprint density at radius 3 is 2.55 bits per heavy atom. The second-order valence-electron chi connectivity index (χ2n) is 6.40. The molecule has 1 aliphatic heterocycles. The molecule has 0 spiro atoms. The van der Waals surface area contributed by atoms with Crippen molar-refractivity contribution in [1.29, 1.82) is 0 Å². The van der Waals surface area contributed by atoms with Crippen LogP contribution in [0.4, 0.5) is 16.4 Å². The van der Waals surface area contributed by atoms with Crippen molar-refractivity contribution < 1.29 is 14.3 Å². The number of hydrogen-bond donors (Lipinski definition) is 2. The van der Waals surface area contributed by atoms with E-state index in [4.69, 9.17) is 16.3 Å². The molecule has 0 saturated carbocycles. The second kappa shape index (κ2) is 9.92. The lowest BCUT2D eigenvalue weighted by Gasteiger charge is -2.34. The number of ether oxygens (including phenoxy) is 1. The minimum Gasteiger partial charge on any atom is -0.495 e. The molecule has 3 amide bonds. The van der Waals surface area contributed by atoms with Gasteiger partial charge in [-0.2, -0.15) is 0 Å². The van der Waals surface area contributed by atoms with Crippen LogP contribution in [0.15, 0.2) is 36.7 Å². The molecule has 1 aliphatic rings.